The number of nitrogens with zero attached hydrogens (tertiary/aromatic N) is 1. The van der Waals surface area contributed by atoms with Gasteiger partial charge in [0, 0.05) is 6.21 Å². The highest BCUT2D eigenvalue weighted by Crippen LogP contribution is 2.33. The predicted octanol–water partition coefficient (Wildman–Crippen LogP) is 4.35. The minimum atomic E-state index is -1.11. The second kappa shape index (κ2) is 6.67. The Morgan fingerprint density at radius 1 is 0.958 bits per heavy atom. The summed E-state index contributed by atoms with van der Waals surface area (Å²) in [7, 11) is 1.39. The first kappa shape index (κ1) is 15.9. The van der Waals surface area contributed by atoms with Gasteiger partial charge in [0.15, 0.2) is 5.54 Å². The molecule has 3 aromatic carbocycles. The normalized spacial score (nSPS) is 13.8. The average Bonchev–Trinajstić information content (AvgIpc) is 2.65. The number of carbonyl (C=O) groups excluding carboxylic acids is 1. The summed E-state index contributed by atoms with van der Waals surface area (Å²) in [5.74, 6) is -0.383. The van der Waals surface area contributed by atoms with Gasteiger partial charge < -0.3 is 4.74 Å². The van der Waals surface area contributed by atoms with Crippen LogP contribution in [0, 0.1) is 0 Å². The number of hydrogen-bond donors (Lipinski definition) is 0. The largest absolute Gasteiger partial charge is 0.467 e. The Morgan fingerprint density at radius 2 is 1.62 bits per heavy atom. The van der Waals surface area contributed by atoms with Crippen molar-refractivity contribution in [3.8, 4) is 0 Å². The quantitative estimate of drug-likeness (QED) is 0.530. The highest BCUT2D eigenvalue weighted by molar-refractivity contribution is 5.95. The summed E-state index contributed by atoms with van der Waals surface area (Å²) in [6, 6.07) is 23.6. The minimum Gasteiger partial charge on any atom is -0.467 e. The van der Waals surface area contributed by atoms with Crippen LogP contribution < -0.4 is 0 Å². The van der Waals surface area contributed by atoms with Crippen molar-refractivity contribution in [3.05, 3.63) is 83.9 Å². The number of rotatable bonds is 4. The van der Waals surface area contributed by atoms with Crippen molar-refractivity contribution >= 4 is 23.0 Å². The summed E-state index contributed by atoms with van der Waals surface area (Å²) in [5, 5.41) is 2.07. The molecule has 3 rings (SSSR count). The fraction of sp³-hybridized carbons (Fsp3) is 0.143. The van der Waals surface area contributed by atoms with Crippen LogP contribution in [0.3, 0.4) is 0 Å². The van der Waals surface area contributed by atoms with Crippen molar-refractivity contribution in [2.75, 3.05) is 7.11 Å². The van der Waals surface area contributed by atoms with Crippen LogP contribution in [0.1, 0.15) is 18.1 Å². The van der Waals surface area contributed by atoms with E-state index in [1.165, 1.54) is 7.11 Å². The molecule has 0 unspecified atom stereocenters. The van der Waals surface area contributed by atoms with Gasteiger partial charge in [-0.25, -0.2) is 4.79 Å². The maximum absolute atomic E-state index is 12.6. The fourth-order valence-corrected chi connectivity index (χ4v) is 2.82. The van der Waals surface area contributed by atoms with Crippen molar-refractivity contribution in [1.82, 2.24) is 0 Å². The van der Waals surface area contributed by atoms with Gasteiger partial charge in [0.05, 0.1) is 7.11 Å². The third kappa shape index (κ3) is 2.93. The molecule has 120 valence electrons. The molecular formula is C21H19NO2. The lowest BCUT2D eigenvalue weighted by molar-refractivity contribution is -0.146. The lowest BCUT2D eigenvalue weighted by atomic mass is 9.88. The molecular weight excluding hydrogens is 298 g/mol. The number of aliphatic imine (C=N–C) groups is 1. The van der Waals surface area contributed by atoms with Gasteiger partial charge in [0.25, 0.3) is 0 Å². The molecule has 0 heterocycles. The number of hydrogen-bond acceptors (Lipinski definition) is 3. The molecule has 0 saturated carbocycles. The highest BCUT2D eigenvalue weighted by Gasteiger charge is 2.36. The number of benzene rings is 3. The van der Waals surface area contributed by atoms with Gasteiger partial charge in [0.2, 0.25) is 0 Å². The lowest BCUT2D eigenvalue weighted by Gasteiger charge is -2.24. The predicted molar refractivity (Wildman–Crippen MR) is 97.4 cm³/mol. The molecule has 0 bridgehead atoms. The van der Waals surface area contributed by atoms with Gasteiger partial charge in [-0.2, -0.15) is 0 Å². The second-order valence-corrected chi connectivity index (χ2v) is 5.76. The fourth-order valence-electron chi connectivity index (χ4n) is 2.82. The van der Waals surface area contributed by atoms with Crippen LogP contribution in [0.25, 0.3) is 10.8 Å². The highest BCUT2D eigenvalue weighted by atomic mass is 16.5. The molecule has 3 heteroatoms. The van der Waals surface area contributed by atoms with Crippen molar-refractivity contribution in [2.45, 2.75) is 12.5 Å². The summed E-state index contributed by atoms with van der Waals surface area (Å²) in [6.45, 7) is 1.79. The van der Waals surface area contributed by atoms with E-state index in [0.717, 1.165) is 21.9 Å². The van der Waals surface area contributed by atoms with Gasteiger partial charge in [-0.1, -0.05) is 72.8 Å². The minimum absolute atomic E-state index is 0.383. The molecule has 0 spiro atoms. The number of fused-ring (bicyclic) bond motifs is 1. The Balaban J connectivity index is 2.15. The Morgan fingerprint density at radius 3 is 2.38 bits per heavy atom. The average molecular weight is 317 g/mol. The first-order valence-electron chi connectivity index (χ1n) is 7.82. The Kier molecular flexibility index (Phi) is 4.43. The lowest BCUT2D eigenvalue weighted by Crippen LogP contribution is -2.32. The molecule has 0 aliphatic rings. The molecule has 0 radical (unpaired) electrons. The van der Waals surface area contributed by atoms with Gasteiger partial charge in [-0.15, -0.1) is 0 Å². The molecule has 3 aromatic rings. The Bertz CT molecular complexity index is 881. The summed E-state index contributed by atoms with van der Waals surface area (Å²) >= 11 is 0. The van der Waals surface area contributed by atoms with E-state index in [9.17, 15) is 4.79 Å². The van der Waals surface area contributed by atoms with E-state index < -0.39 is 5.54 Å². The first-order chi connectivity index (χ1) is 11.6. The Hall–Kier alpha value is -2.94. The maximum Gasteiger partial charge on any atom is 0.338 e. The van der Waals surface area contributed by atoms with E-state index >= 15 is 0 Å². The number of esters is 1. The summed E-state index contributed by atoms with van der Waals surface area (Å²) in [4.78, 5) is 17.2. The molecule has 0 aliphatic heterocycles. The number of methoxy groups -OCH3 is 1. The molecule has 24 heavy (non-hydrogen) atoms. The van der Waals surface area contributed by atoms with E-state index in [1.807, 2.05) is 72.8 Å². The van der Waals surface area contributed by atoms with Crippen LogP contribution in [-0.4, -0.2) is 19.3 Å². The second-order valence-electron chi connectivity index (χ2n) is 5.76. The summed E-state index contributed by atoms with van der Waals surface area (Å²) < 4.78 is 5.05. The molecule has 0 amide bonds. The van der Waals surface area contributed by atoms with Gasteiger partial charge >= 0.3 is 5.97 Å². The molecule has 3 nitrogen and oxygen atoms in total. The smallest absolute Gasteiger partial charge is 0.338 e. The monoisotopic (exact) mass is 317 g/mol. The van der Waals surface area contributed by atoms with Crippen molar-refractivity contribution in [2.24, 2.45) is 4.99 Å². The number of ether oxygens (including phenoxy) is 1. The molecule has 0 fully saturated rings. The van der Waals surface area contributed by atoms with Crippen molar-refractivity contribution in [3.63, 3.8) is 0 Å². The van der Waals surface area contributed by atoms with Crippen LogP contribution in [0.2, 0.25) is 0 Å². The topological polar surface area (TPSA) is 38.7 Å². The van der Waals surface area contributed by atoms with Gasteiger partial charge in [-0.05, 0) is 28.8 Å². The maximum atomic E-state index is 12.6. The van der Waals surface area contributed by atoms with Crippen LogP contribution in [0.4, 0.5) is 0 Å². The molecule has 0 saturated heterocycles. The molecule has 1 atom stereocenters. The van der Waals surface area contributed by atoms with E-state index in [-0.39, 0.29) is 5.97 Å². The zero-order valence-electron chi connectivity index (χ0n) is 13.8. The van der Waals surface area contributed by atoms with Crippen LogP contribution in [0.15, 0.2) is 77.8 Å². The first-order valence-corrected chi connectivity index (χ1v) is 7.82. The van der Waals surface area contributed by atoms with E-state index in [2.05, 4.69) is 4.99 Å². The van der Waals surface area contributed by atoms with Crippen LogP contribution in [-0.2, 0) is 15.1 Å². The SMILES string of the molecule is COC(=O)[C@](C)(N=Cc1ccccc1)c1cccc2ccccc12. The van der Waals surface area contributed by atoms with Gasteiger partial charge in [-0.3, -0.25) is 4.99 Å². The zero-order chi connectivity index (χ0) is 17.0. The van der Waals surface area contributed by atoms with Crippen LogP contribution in [0.5, 0.6) is 0 Å². The third-order valence-corrected chi connectivity index (χ3v) is 4.17. The number of carbonyl (C=O) groups is 1. The van der Waals surface area contributed by atoms with E-state index in [1.54, 1.807) is 13.1 Å². The Labute approximate surface area is 141 Å². The summed E-state index contributed by atoms with van der Waals surface area (Å²) in [6.07, 6.45) is 1.72. The van der Waals surface area contributed by atoms with Crippen molar-refractivity contribution in [1.29, 1.82) is 0 Å². The molecule has 0 aliphatic carbocycles. The summed E-state index contributed by atoms with van der Waals surface area (Å²) in [5.41, 5.74) is 0.665. The van der Waals surface area contributed by atoms with E-state index in [0.29, 0.717) is 0 Å². The van der Waals surface area contributed by atoms with Crippen LogP contribution >= 0.6 is 0 Å². The molecule has 0 aromatic heterocycles. The van der Waals surface area contributed by atoms with E-state index in [4.69, 9.17) is 4.74 Å². The third-order valence-electron chi connectivity index (χ3n) is 4.17. The standard InChI is InChI=1S/C21H19NO2/c1-21(20(23)24-2,22-15-16-9-4-3-5-10-16)19-14-8-12-17-11-6-7-13-18(17)19/h3-15H,1-2H3/t21-/m1/s1. The van der Waals surface area contributed by atoms with Gasteiger partial charge in [0.1, 0.15) is 0 Å². The molecule has 0 N–H and O–H groups in total. The zero-order valence-corrected chi connectivity index (χ0v) is 13.8. The van der Waals surface area contributed by atoms with Crippen molar-refractivity contribution < 1.29 is 9.53 Å².